The molecule has 22 heavy (non-hydrogen) atoms. The number of nitrogens with one attached hydrogen (secondary N) is 1. The van der Waals surface area contributed by atoms with Crippen LogP contribution in [0.15, 0.2) is 42.5 Å². The highest BCUT2D eigenvalue weighted by Gasteiger charge is 2.16. The maximum absolute atomic E-state index is 5.99. The second-order valence-electron chi connectivity index (χ2n) is 5.41. The van der Waals surface area contributed by atoms with Gasteiger partial charge < -0.3 is 26.3 Å². The molecule has 1 unspecified atom stereocenters. The molecule has 0 amide bonds. The standard InChI is InChI=1S/C17H21N3O2/c18-12-7-8-15(14(19)10-12)20-16-5-1-2-6-17(16)22-11-13-4-3-9-21-13/h1-2,5-8,10,13,20H,3-4,9,11,18-19H2. The Morgan fingerprint density at radius 2 is 2.00 bits per heavy atom. The predicted molar refractivity (Wildman–Crippen MR) is 89.5 cm³/mol. The molecule has 0 aliphatic carbocycles. The molecular weight excluding hydrogens is 278 g/mol. The van der Waals surface area contributed by atoms with E-state index in [0.717, 1.165) is 36.6 Å². The zero-order chi connectivity index (χ0) is 15.4. The van der Waals surface area contributed by atoms with Crippen molar-refractivity contribution in [3.05, 3.63) is 42.5 Å². The average Bonchev–Trinajstić information content (AvgIpc) is 3.02. The minimum Gasteiger partial charge on any atom is -0.489 e. The van der Waals surface area contributed by atoms with Crippen molar-refractivity contribution >= 4 is 22.7 Å². The van der Waals surface area contributed by atoms with E-state index in [1.54, 1.807) is 6.07 Å². The summed E-state index contributed by atoms with van der Waals surface area (Å²) in [5.41, 5.74) is 14.6. The van der Waals surface area contributed by atoms with Gasteiger partial charge in [-0.2, -0.15) is 0 Å². The Bertz CT molecular complexity index is 640. The summed E-state index contributed by atoms with van der Waals surface area (Å²) in [6.07, 6.45) is 2.35. The summed E-state index contributed by atoms with van der Waals surface area (Å²) in [5, 5.41) is 3.30. The number of ether oxygens (including phenoxy) is 2. The summed E-state index contributed by atoms with van der Waals surface area (Å²) in [7, 11) is 0. The number of para-hydroxylation sites is 2. The van der Waals surface area contributed by atoms with Crippen LogP contribution >= 0.6 is 0 Å². The highest BCUT2D eigenvalue weighted by molar-refractivity contribution is 5.77. The van der Waals surface area contributed by atoms with Gasteiger partial charge >= 0.3 is 0 Å². The smallest absolute Gasteiger partial charge is 0.142 e. The number of hydrogen-bond acceptors (Lipinski definition) is 5. The topological polar surface area (TPSA) is 82.5 Å². The van der Waals surface area contributed by atoms with E-state index in [4.69, 9.17) is 20.9 Å². The lowest BCUT2D eigenvalue weighted by molar-refractivity contribution is 0.0682. The van der Waals surface area contributed by atoms with Crippen LogP contribution in [-0.2, 0) is 4.74 Å². The molecule has 2 aromatic rings. The van der Waals surface area contributed by atoms with Gasteiger partial charge in [0.25, 0.3) is 0 Å². The van der Waals surface area contributed by atoms with Crippen molar-refractivity contribution in [1.29, 1.82) is 0 Å². The number of anilines is 4. The monoisotopic (exact) mass is 299 g/mol. The molecular formula is C17H21N3O2. The molecule has 1 saturated heterocycles. The van der Waals surface area contributed by atoms with E-state index >= 15 is 0 Å². The SMILES string of the molecule is Nc1ccc(Nc2ccccc2OCC2CCCO2)c(N)c1. The molecule has 2 aromatic carbocycles. The van der Waals surface area contributed by atoms with Crippen LogP contribution in [0.1, 0.15) is 12.8 Å². The minimum atomic E-state index is 0.189. The molecule has 3 rings (SSSR count). The first-order chi connectivity index (χ1) is 10.7. The Morgan fingerprint density at radius 3 is 2.77 bits per heavy atom. The molecule has 0 radical (unpaired) electrons. The summed E-state index contributed by atoms with van der Waals surface area (Å²) in [4.78, 5) is 0. The lowest BCUT2D eigenvalue weighted by atomic mass is 10.2. The van der Waals surface area contributed by atoms with Crippen LogP contribution in [0, 0.1) is 0 Å². The molecule has 1 fully saturated rings. The Balaban J connectivity index is 1.72. The summed E-state index contributed by atoms with van der Waals surface area (Å²) < 4.78 is 11.5. The van der Waals surface area contributed by atoms with E-state index in [0.29, 0.717) is 18.0 Å². The van der Waals surface area contributed by atoms with Crippen molar-refractivity contribution in [1.82, 2.24) is 0 Å². The largest absolute Gasteiger partial charge is 0.489 e. The maximum atomic E-state index is 5.99. The Kier molecular flexibility index (Phi) is 4.34. The van der Waals surface area contributed by atoms with E-state index in [9.17, 15) is 0 Å². The highest BCUT2D eigenvalue weighted by Crippen LogP contribution is 2.31. The van der Waals surface area contributed by atoms with Gasteiger partial charge in [0.2, 0.25) is 0 Å². The van der Waals surface area contributed by atoms with Crippen molar-refractivity contribution < 1.29 is 9.47 Å². The average molecular weight is 299 g/mol. The first-order valence-corrected chi connectivity index (χ1v) is 7.48. The molecule has 1 aliphatic heterocycles. The second-order valence-corrected chi connectivity index (χ2v) is 5.41. The van der Waals surface area contributed by atoms with Gasteiger partial charge in [0.05, 0.1) is 23.2 Å². The van der Waals surface area contributed by atoms with E-state index in [1.165, 1.54) is 0 Å². The molecule has 0 bridgehead atoms. The lowest BCUT2D eigenvalue weighted by Gasteiger charge is -2.16. The summed E-state index contributed by atoms with van der Waals surface area (Å²) >= 11 is 0. The van der Waals surface area contributed by atoms with Gasteiger partial charge in [-0.1, -0.05) is 12.1 Å². The second kappa shape index (κ2) is 6.58. The molecule has 116 valence electrons. The van der Waals surface area contributed by atoms with Gasteiger partial charge in [-0.05, 0) is 43.2 Å². The Hall–Kier alpha value is -2.40. The van der Waals surface area contributed by atoms with Crippen molar-refractivity contribution in [2.45, 2.75) is 18.9 Å². The molecule has 5 N–H and O–H groups in total. The van der Waals surface area contributed by atoms with Crippen molar-refractivity contribution in [2.24, 2.45) is 0 Å². The summed E-state index contributed by atoms with van der Waals surface area (Å²) in [6.45, 7) is 1.39. The Morgan fingerprint density at radius 1 is 1.14 bits per heavy atom. The summed E-state index contributed by atoms with van der Waals surface area (Å²) in [5.74, 6) is 0.786. The molecule has 0 saturated carbocycles. The molecule has 0 spiro atoms. The molecule has 1 aliphatic rings. The lowest BCUT2D eigenvalue weighted by Crippen LogP contribution is -2.16. The quantitative estimate of drug-likeness (QED) is 0.739. The number of rotatable bonds is 5. The van der Waals surface area contributed by atoms with E-state index in [1.807, 2.05) is 36.4 Å². The zero-order valence-electron chi connectivity index (χ0n) is 12.4. The molecule has 5 heteroatoms. The maximum Gasteiger partial charge on any atom is 0.142 e. The van der Waals surface area contributed by atoms with Crippen LogP contribution < -0.4 is 21.5 Å². The fraction of sp³-hybridized carbons (Fsp3) is 0.294. The van der Waals surface area contributed by atoms with Crippen LogP contribution in [-0.4, -0.2) is 19.3 Å². The third-order valence-corrected chi connectivity index (χ3v) is 3.68. The van der Waals surface area contributed by atoms with Crippen LogP contribution in [0.3, 0.4) is 0 Å². The van der Waals surface area contributed by atoms with Crippen LogP contribution in [0.4, 0.5) is 22.7 Å². The van der Waals surface area contributed by atoms with Gasteiger partial charge in [-0.25, -0.2) is 0 Å². The van der Waals surface area contributed by atoms with Gasteiger partial charge in [-0.3, -0.25) is 0 Å². The first-order valence-electron chi connectivity index (χ1n) is 7.48. The predicted octanol–water partition coefficient (Wildman–Crippen LogP) is 3.15. The van der Waals surface area contributed by atoms with Gasteiger partial charge in [0.15, 0.2) is 0 Å². The van der Waals surface area contributed by atoms with Crippen LogP contribution in [0.25, 0.3) is 0 Å². The number of nitrogens with two attached hydrogens (primary N) is 2. The Labute approximate surface area is 130 Å². The highest BCUT2D eigenvalue weighted by atomic mass is 16.5. The summed E-state index contributed by atoms with van der Waals surface area (Å²) in [6, 6.07) is 13.2. The fourth-order valence-electron chi connectivity index (χ4n) is 2.49. The van der Waals surface area contributed by atoms with Gasteiger partial charge in [0.1, 0.15) is 12.4 Å². The fourth-order valence-corrected chi connectivity index (χ4v) is 2.49. The van der Waals surface area contributed by atoms with Crippen LogP contribution in [0.5, 0.6) is 5.75 Å². The van der Waals surface area contributed by atoms with Crippen molar-refractivity contribution in [3.8, 4) is 5.75 Å². The number of benzene rings is 2. The first kappa shape index (κ1) is 14.5. The minimum absolute atomic E-state index is 0.189. The zero-order valence-corrected chi connectivity index (χ0v) is 12.4. The van der Waals surface area contributed by atoms with Gasteiger partial charge in [-0.15, -0.1) is 0 Å². The third-order valence-electron chi connectivity index (χ3n) is 3.68. The number of hydrogen-bond donors (Lipinski definition) is 3. The molecule has 0 aromatic heterocycles. The van der Waals surface area contributed by atoms with Crippen molar-refractivity contribution in [2.75, 3.05) is 30.0 Å². The van der Waals surface area contributed by atoms with Gasteiger partial charge in [0, 0.05) is 12.3 Å². The third kappa shape index (κ3) is 3.43. The van der Waals surface area contributed by atoms with Crippen molar-refractivity contribution in [3.63, 3.8) is 0 Å². The number of nitrogen functional groups attached to an aromatic ring is 2. The van der Waals surface area contributed by atoms with Crippen LogP contribution in [0.2, 0.25) is 0 Å². The van der Waals surface area contributed by atoms with E-state index < -0.39 is 0 Å². The molecule has 1 atom stereocenters. The van der Waals surface area contributed by atoms with E-state index in [-0.39, 0.29) is 6.10 Å². The molecule has 5 nitrogen and oxygen atoms in total. The normalized spacial score (nSPS) is 17.4. The van der Waals surface area contributed by atoms with E-state index in [2.05, 4.69) is 5.32 Å². The molecule has 1 heterocycles.